The summed E-state index contributed by atoms with van der Waals surface area (Å²) in [5, 5.41) is 5.66. The molecule has 2 amide bonds. The smallest absolute Gasteiger partial charge is 0.410 e. The number of hydrogen-bond acceptors (Lipinski definition) is 9. The molecule has 13 nitrogen and oxygen atoms in total. The molecule has 0 N–H and O–H groups in total. The summed E-state index contributed by atoms with van der Waals surface area (Å²) in [5.74, 6) is 0.212. The largest absolute Gasteiger partial charge is 0.445 e. The Bertz CT molecular complexity index is 2000. The number of sulfonamides is 1. The molecule has 314 valence electrons. The predicted molar refractivity (Wildman–Crippen MR) is 226 cm³/mol. The number of rotatable bonds is 13. The quantitative estimate of drug-likeness (QED) is 0.0730. The number of anilines is 1. The van der Waals surface area contributed by atoms with Crippen molar-refractivity contribution in [2.45, 2.75) is 133 Å². The zero-order chi connectivity index (χ0) is 41.5. The third kappa shape index (κ3) is 9.92. The average molecular weight is 846 g/mol. The lowest BCUT2D eigenvalue weighted by molar-refractivity contribution is 0.00566. The second kappa shape index (κ2) is 16.7. The van der Waals surface area contributed by atoms with Crippen LogP contribution < -0.4 is 4.90 Å². The van der Waals surface area contributed by atoms with Gasteiger partial charge in [0.25, 0.3) is 0 Å². The van der Waals surface area contributed by atoms with E-state index < -0.39 is 35.3 Å². The Hall–Kier alpha value is -3.37. The fourth-order valence-electron chi connectivity index (χ4n) is 7.84. The van der Waals surface area contributed by atoms with Crippen LogP contribution >= 0.6 is 11.6 Å². The Kier molecular flexibility index (Phi) is 12.7. The fraction of sp³-hybridized carbons (Fsp3) is 0.634. The van der Waals surface area contributed by atoms with Crippen LogP contribution in [-0.4, -0.2) is 121 Å². The Morgan fingerprint density at radius 2 is 1.68 bits per heavy atom. The summed E-state index contributed by atoms with van der Waals surface area (Å²) in [4.78, 5) is 32.5. The normalized spacial score (nSPS) is 22.7. The minimum absolute atomic E-state index is 0.0291. The minimum atomic E-state index is -4.07. The van der Waals surface area contributed by atoms with Crippen LogP contribution in [0.2, 0.25) is 25.7 Å². The number of halogens is 1. The van der Waals surface area contributed by atoms with Gasteiger partial charge in [-0.2, -0.15) is 9.40 Å². The molecule has 3 heterocycles. The van der Waals surface area contributed by atoms with Crippen LogP contribution in [0.5, 0.6) is 0 Å². The van der Waals surface area contributed by atoms with E-state index in [1.807, 2.05) is 76.6 Å². The van der Waals surface area contributed by atoms with E-state index in [0.717, 1.165) is 29.8 Å². The van der Waals surface area contributed by atoms with Crippen molar-refractivity contribution in [1.82, 2.24) is 23.9 Å². The van der Waals surface area contributed by atoms with Crippen LogP contribution in [0.25, 0.3) is 10.9 Å². The third-order valence-corrected chi connectivity index (χ3v) is 15.3. The summed E-state index contributed by atoms with van der Waals surface area (Å²) in [7, 11) is -5.46. The highest BCUT2D eigenvalue weighted by Gasteiger charge is 2.50. The monoisotopic (exact) mass is 844 g/mol. The molecule has 0 spiro atoms. The molecule has 0 unspecified atom stereocenters. The molecular formula is C41H61ClN6O7SSi. The Labute approximate surface area is 344 Å². The highest BCUT2D eigenvalue weighted by atomic mass is 35.5. The summed E-state index contributed by atoms with van der Waals surface area (Å²) in [5.41, 5.74) is 1.05. The predicted octanol–water partition coefficient (Wildman–Crippen LogP) is 7.92. The average Bonchev–Trinajstić information content (AvgIpc) is 3.50. The molecule has 0 bridgehead atoms. The molecule has 3 aliphatic rings. The van der Waals surface area contributed by atoms with Crippen molar-refractivity contribution in [2.75, 3.05) is 43.8 Å². The number of alkyl halides is 1. The number of likely N-dealkylation sites (tertiary alicyclic amines) is 1. The number of amides is 2. The Morgan fingerprint density at radius 3 is 2.28 bits per heavy atom. The lowest BCUT2D eigenvalue weighted by Gasteiger charge is -2.45. The van der Waals surface area contributed by atoms with Crippen molar-refractivity contribution in [1.29, 1.82) is 0 Å². The first-order valence-corrected chi connectivity index (χ1v) is 25.8. The van der Waals surface area contributed by atoms with E-state index in [2.05, 4.69) is 24.5 Å². The van der Waals surface area contributed by atoms with Gasteiger partial charge < -0.3 is 24.0 Å². The molecule has 1 aromatic heterocycles. The van der Waals surface area contributed by atoms with Gasteiger partial charge in [0.05, 0.1) is 40.8 Å². The number of hydrogen-bond donors (Lipinski definition) is 0. The van der Waals surface area contributed by atoms with Gasteiger partial charge in [0, 0.05) is 56.8 Å². The molecule has 2 saturated heterocycles. The molecule has 4 atom stereocenters. The lowest BCUT2D eigenvalue weighted by Crippen LogP contribution is -2.59. The number of ether oxygens (including phenoxy) is 3. The molecule has 3 fully saturated rings. The Morgan fingerprint density at radius 1 is 1.02 bits per heavy atom. The maximum atomic E-state index is 14.9. The first-order valence-electron chi connectivity index (χ1n) is 20.1. The molecule has 1 aliphatic carbocycles. The van der Waals surface area contributed by atoms with Gasteiger partial charge in [-0.1, -0.05) is 50.0 Å². The van der Waals surface area contributed by atoms with Gasteiger partial charge in [-0.3, -0.25) is 9.58 Å². The van der Waals surface area contributed by atoms with Gasteiger partial charge in [-0.15, -0.1) is 11.6 Å². The van der Waals surface area contributed by atoms with Gasteiger partial charge in [0.15, 0.2) is 0 Å². The topological polar surface area (TPSA) is 127 Å². The number of carbonyl (C=O) groups excluding carboxylic acids is 2. The highest BCUT2D eigenvalue weighted by Crippen LogP contribution is 2.45. The second-order valence-electron chi connectivity index (χ2n) is 18.5. The SMILES string of the molecule is C[C@H]1CN(c2cc(S(=O)(=O)N(COCC[Si](C)(C)C)C3(C)CC3)cc3c2cnn3[C@@H]2C[C@@H](CCl)N(C(=O)OCc3ccccc3)C2)C[C@H](C)N1C(=O)OC(C)(C)C. The van der Waals surface area contributed by atoms with Crippen LogP contribution in [-0.2, 0) is 30.8 Å². The number of aromatic nitrogens is 2. The maximum Gasteiger partial charge on any atom is 0.410 e. The zero-order valence-electron chi connectivity index (χ0n) is 35.0. The zero-order valence-corrected chi connectivity index (χ0v) is 37.6. The molecule has 3 aromatic rings. The number of nitrogens with zero attached hydrogens (tertiary/aromatic N) is 6. The molecule has 2 aliphatic heterocycles. The van der Waals surface area contributed by atoms with E-state index >= 15 is 0 Å². The highest BCUT2D eigenvalue weighted by molar-refractivity contribution is 7.89. The van der Waals surface area contributed by atoms with Gasteiger partial charge in [0.2, 0.25) is 10.0 Å². The fourth-order valence-corrected chi connectivity index (χ4v) is 10.6. The van der Waals surface area contributed by atoms with E-state index in [0.29, 0.717) is 43.9 Å². The summed E-state index contributed by atoms with van der Waals surface area (Å²) >= 11 is 6.46. The van der Waals surface area contributed by atoms with Crippen LogP contribution in [0.3, 0.4) is 0 Å². The third-order valence-electron chi connectivity index (χ3n) is 11.3. The van der Waals surface area contributed by atoms with E-state index in [1.54, 1.807) is 28.1 Å². The number of benzene rings is 2. The molecule has 6 rings (SSSR count). The van der Waals surface area contributed by atoms with E-state index in [9.17, 15) is 18.0 Å². The minimum Gasteiger partial charge on any atom is -0.445 e. The maximum absolute atomic E-state index is 14.9. The molecule has 1 saturated carbocycles. The first kappa shape index (κ1) is 43.2. The van der Waals surface area contributed by atoms with E-state index in [4.69, 9.17) is 30.9 Å². The summed E-state index contributed by atoms with van der Waals surface area (Å²) in [6.45, 7) is 20.1. The van der Waals surface area contributed by atoms with Crippen LogP contribution in [0.15, 0.2) is 53.6 Å². The first-order chi connectivity index (χ1) is 26.7. The van der Waals surface area contributed by atoms with Crippen LogP contribution in [0.1, 0.15) is 72.4 Å². The van der Waals surface area contributed by atoms with Crippen LogP contribution in [0.4, 0.5) is 15.3 Å². The van der Waals surface area contributed by atoms with Crippen molar-refractivity contribution in [2.24, 2.45) is 0 Å². The molecule has 57 heavy (non-hydrogen) atoms. The van der Waals surface area contributed by atoms with Crippen molar-refractivity contribution in [3.8, 4) is 0 Å². The lowest BCUT2D eigenvalue weighted by atomic mass is 10.1. The molecular weight excluding hydrogens is 784 g/mol. The van der Waals surface area contributed by atoms with Gasteiger partial charge in [-0.25, -0.2) is 18.0 Å². The van der Waals surface area contributed by atoms with Crippen molar-refractivity contribution in [3.05, 3.63) is 54.2 Å². The molecule has 2 aromatic carbocycles. The standard InChI is InChI=1S/C41H61ClN6O7SSi/c1-29-24-44(25-30(2)47(29)39(50)55-40(3,4)5)36-20-34(56(51,52)46(41(6)15-16-41)28-53-17-18-57(7,8)9)21-37-35(36)23-43-48(37)33-19-32(22-42)45(26-33)38(49)54-27-31-13-11-10-12-14-31/h10-14,20-21,23,29-30,32-33H,15-19,22,24-28H2,1-9H3/t29-,30-,32-,33+/m0/s1. The van der Waals surface area contributed by atoms with Gasteiger partial charge >= 0.3 is 12.2 Å². The van der Waals surface area contributed by atoms with Crippen LogP contribution in [0, 0.1) is 0 Å². The van der Waals surface area contributed by atoms with Crippen molar-refractivity contribution < 1.29 is 32.2 Å². The Balaban J connectivity index is 1.36. The van der Waals surface area contributed by atoms with Crippen molar-refractivity contribution in [3.63, 3.8) is 0 Å². The number of carbonyl (C=O) groups is 2. The molecule has 16 heteroatoms. The summed E-state index contributed by atoms with van der Waals surface area (Å²) in [6.07, 6.45) is 2.96. The second-order valence-corrected chi connectivity index (χ2v) is 26.3. The number of fused-ring (bicyclic) bond motifs is 1. The van der Waals surface area contributed by atoms with Crippen molar-refractivity contribution >= 4 is 58.5 Å². The molecule has 0 radical (unpaired) electrons. The van der Waals surface area contributed by atoms with Gasteiger partial charge in [-0.05, 0) is 84.5 Å². The number of piperazine rings is 1. The van der Waals surface area contributed by atoms with E-state index in [-0.39, 0.29) is 54.4 Å². The van der Waals surface area contributed by atoms with Gasteiger partial charge in [0.1, 0.15) is 18.9 Å². The summed E-state index contributed by atoms with van der Waals surface area (Å²) < 4.78 is 50.8. The van der Waals surface area contributed by atoms with E-state index in [1.165, 1.54) is 4.31 Å². The summed E-state index contributed by atoms with van der Waals surface area (Å²) in [6, 6.07) is 12.9.